The first-order chi connectivity index (χ1) is 7.90. The van der Waals surface area contributed by atoms with Crippen molar-refractivity contribution < 1.29 is 0 Å². The average molecular weight is 232 g/mol. The number of nitrogens with one attached hydrogen (secondary N) is 1. The number of benzene rings is 1. The molecule has 1 heterocycles. The van der Waals surface area contributed by atoms with Crippen molar-refractivity contribution in [3.8, 4) is 0 Å². The summed E-state index contributed by atoms with van der Waals surface area (Å²) >= 11 is 1.70. The molecule has 1 N–H and O–H groups in total. The lowest BCUT2D eigenvalue weighted by Crippen LogP contribution is -2.20. The average Bonchev–Trinajstić information content (AvgIpc) is 2.84. The van der Waals surface area contributed by atoms with Crippen LogP contribution in [-0.4, -0.2) is 4.98 Å². The van der Waals surface area contributed by atoms with Crippen molar-refractivity contribution in [3.63, 3.8) is 0 Å². The minimum Gasteiger partial charge on any atom is -0.304 e. The van der Waals surface area contributed by atoms with E-state index in [1.807, 2.05) is 11.6 Å². The van der Waals surface area contributed by atoms with Crippen LogP contribution in [0.4, 0.5) is 0 Å². The highest BCUT2D eigenvalue weighted by Gasteiger charge is 2.08. The summed E-state index contributed by atoms with van der Waals surface area (Å²) in [6, 6.07) is 11.0. The van der Waals surface area contributed by atoms with E-state index in [-0.39, 0.29) is 0 Å². The zero-order chi connectivity index (χ0) is 11.2. The number of thiazole rings is 1. The van der Waals surface area contributed by atoms with Crippen molar-refractivity contribution in [3.05, 3.63) is 52.5 Å². The first-order valence-electron chi connectivity index (χ1n) is 5.57. The monoisotopic (exact) mass is 232 g/mol. The van der Waals surface area contributed by atoms with Crippen LogP contribution in [0, 0.1) is 0 Å². The maximum atomic E-state index is 4.27. The third-order valence-electron chi connectivity index (χ3n) is 2.59. The summed E-state index contributed by atoms with van der Waals surface area (Å²) < 4.78 is 0. The standard InChI is InChI=1S/C13H16N2S/c1-2-12(11-6-4-3-5-7-11)15-10-13-14-8-9-16-13/h3-9,12,15H,2,10H2,1H3. The predicted octanol–water partition coefficient (Wildman–Crippen LogP) is 3.38. The van der Waals surface area contributed by atoms with Gasteiger partial charge in [0.15, 0.2) is 0 Å². The van der Waals surface area contributed by atoms with Gasteiger partial charge in [-0.3, -0.25) is 0 Å². The van der Waals surface area contributed by atoms with E-state index in [0.29, 0.717) is 6.04 Å². The molecule has 84 valence electrons. The maximum Gasteiger partial charge on any atom is 0.106 e. The van der Waals surface area contributed by atoms with Crippen LogP contribution in [0.25, 0.3) is 0 Å². The summed E-state index contributed by atoms with van der Waals surface area (Å²) in [7, 11) is 0. The molecule has 0 saturated heterocycles. The second kappa shape index (κ2) is 5.77. The summed E-state index contributed by atoms with van der Waals surface area (Å²) in [5, 5.41) is 6.70. The van der Waals surface area contributed by atoms with Crippen molar-refractivity contribution in [2.24, 2.45) is 0 Å². The predicted molar refractivity (Wildman–Crippen MR) is 68.4 cm³/mol. The highest BCUT2D eigenvalue weighted by molar-refractivity contribution is 7.09. The molecule has 2 rings (SSSR count). The Morgan fingerprint density at radius 1 is 1.31 bits per heavy atom. The van der Waals surface area contributed by atoms with Gasteiger partial charge in [0, 0.05) is 24.2 Å². The third-order valence-corrected chi connectivity index (χ3v) is 3.37. The van der Waals surface area contributed by atoms with Crippen LogP contribution < -0.4 is 5.32 Å². The van der Waals surface area contributed by atoms with Crippen LogP contribution in [-0.2, 0) is 6.54 Å². The van der Waals surface area contributed by atoms with Gasteiger partial charge in [-0.1, -0.05) is 37.3 Å². The molecular formula is C13H16N2S. The number of hydrogen-bond donors (Lipinski definition) is 1. The van der Waals surface area contributed by atoms with Crippen molar-refractivity contribution in [1.29, 1.82) is 0 Å². The highest BCUT2D eigenvalue weighted by atomic mass is 32.1. The lowest BCUT2D eigenvalue weighted by molar-refractivity contribution is 0.518. The Morgan fingerprint density at radius 2 is 2.12 bits per heavy atom. The van der Waals surface area contributed by atoms with Gasteiger partial charge in [-0.2, -0.15) is 0 Å². The minimum absolute atomic E-state index is 0.421. The molecule has 0 bridgehead atoms. The number of rotatable bonds is 5. The van der Waals surface area contributed by atoms with E-state index in [9.17, 15) is 0 Å². The van der Waals surface area contributed by atoms with Crippen molar-refractivity contribution in [1.82, 2.24) is 10.3 Å². The molecule has 0 fully saturated rings. The van der Waals surface area contributed by atoms with E-state index < -0.39 is 0 Å². The van der Waals surface area contributed by atoms with Crippen LogP contribution in [0.15, 0.2) is 41.9 Å². The Balaban J connectivity index is 1.96. The molecule has 0 aliphatic carbocycles. The van der Waals surface area contributed by atoms with Crippen LogP contribution in [0.1, 0.15) is 30.0 Å². The molecule has 1 unspecified atom stereocenters. The maximum absolute atomic E-state index is 4.27. The fourth-order valence-electron chi connectivity index (χ4n) is 1.73. The topological polar surface area (TPSA) is 24.9 Å². The Bertz CT molecular complexity index is 397. The van der Waals surface area contributed by atoms with E-state index in [2.05, 4.69) is 47.6 Å². The van der Waals surface area contributed by atoms with E-state index in [4.69, 9.17) is 0 Å². The van der Waals surface area contributed by atoms with Crippen molar-refractivity contribution >= 4 is 11.3 Å². The van der Waals surface area contributed by atoms with Gasteiger partial charge in [0.25, 0.3) is 0 Å². The summed E-state index contributed by atoms with van der Waals surface area (Å²) in [6.45, 7) is 3.05. The van der Waals surface area contributed by atoms with Gasteiger partial charge in [0.1, 0.15) is 5.01 Å². The van der Waals surface area contributed by atoms with Crippen LogP contribution in [0.5, 0.6) is 0 Å². The number of nitrogens with zero attached hydrogens (tertiary/aromatic N) is 1. The van der Waals surface area contributed by atoms with E-state index in [1.165, 1.54) is 5.56 Å². The van der Waals surface area contributed by atoms with Crippen molar-refractivity contribution in [2.75, 3.05) is 0 Å². The normalized spacial score (nSPS) is 12.6. The Kier molecular flexibility index (Phi) is 4.08. The molecule has 0 aliphatic heterocycles. The summed E-state index contributed by atoms with van der Waals surface area (Å²) in [5.41, 5.74) is 1.35. The Morgan fingerprint density at radius 3 is 2.75 bits per heavy atom. The molecular weight excluding hydrogens is 216 g/mol. The molecule has 0 radical (unpaired) electrons. The molecule has 1 aromatic carbocycles. The molecule has 2 aromatic rings. The van der Waals surface area contributed by atoms with Gasteiger partial charge in [-0.15, -0.1) is 11.3 Å². The molecule has 3 heteroatoms. The number of hydrogen-bond acceptors (Lipinski definition) is 3. The fraction of sp³-hybridized carbons (Fsp3) is 0.308. The van der Waals surface area contributed by atoms with Gasteiger partial charge in [0.05, 0.1) is 0 Å². The number of aromatic nitrogens is 1. The van der Waals surface area contributed by atoms with E-state index in [0.717, 1.165) is 18.0 Å². The SMILES string of the molecule is CCC(NCc1nccs1)c1ccccc1. The molecule has 0 amide bonds. The largest absolute Gasteiger partial charge is 0.304 e. The highest BCUT2D eigenvalue weighted by Crippen LogP contribution is 2.16. The molecule has 2 nitrogen and oxygen atoms in total. The van der Waals surface area contributed by atoms with Gasteiger partial charge in [-0.25, -0.2) is 4.98 Å². The molecule has 0 spiro atoms. The van der Waals surface area contributed by atoms with Gasteiger partial charge in [-0.05, 0) is 12.0 Å². The second-order valence-corrected chi connectivity index (χ2v) is 4.66. The molecule has 1 atom stereocenters. The minimum atomic E-state index is 0.421. The lowest BCUT2D eigenvalue weighted by atomic mass is 10.1. The first kappa shape index (κ1) is 11.3. The first-order valence-corrected chi connectivity index (χ1v) is 6.45. The van der Waals surface area contributed by atoms with Gasteiger partial charge < -0.3 is 5.32 Å². The summed E-state index contributed by atoms with van der Waals surface area (Å²) in [6.07, 6.45) is 2.94. The quantitative estimate of drug-likeness (QED) is 0.854. The molecule has 0 aliphatic rings. The van der Waals surface area contributed by atoms with E-state index >= 15 is 0 Å². The van der Waals surface area contributed by atoms with Crippen LogP contribution >= 0.6 is 11.3 Å². The fourth-order valence-corrected chi connectivity index (χ4v) is 2.30. The second-order valence-electron chi connectivity index (χ2n) is 3.68. The van der Waals surface area contributed by atoms with Crippen LogP contribution in [0.3, 0.4) is 0 Å². The van der Waals surface area contributed by atoms with E-state index in [1.54, 1.807) is 11.3 Å². The van der Waals surface area contributed by atoms with Gasteiger partial charge in [0.2, 0.25) is 0 Å². The van der Waals surface area contributed by atoms with Gasteiger partial charge >= 0.3 is 0 Å². The lowest BCUT2D eigenvalue weighted by Gasteiger charge is -2.16. The smallest absolute Gasteiger partial charge is 0.106 e. The molecule has 0 saturated carbocycles. The zero-order valence-corrected chi connectivity index (χ0v) is 10.2. The Labute approximate surface area is 100 Å². The third kappa shape index (κ3) is 2.90. The molecule has 16 heavy (non-hydrogen) atoms. The summed E-state index contributed by atoms with van der Waals surface area (Å²) in [5.74, 6) is 0. The van der Waals surface area contributed by atoms with Crippen LogP contribution in [0.2, 0.25) is 0 Å². The summed E-state index contributed by atoms with van der Waals surface area (Å²) in [4.78, 5) is 4.27. The van der Waals surface area contributed by atoms with Crippen molar-refractivity contribution in [2.45, 2.75) is 25.9 Å². The zero-order valence-electron chi connectivity index (χ0n) is 9.39. The Hall–Kier alpha value is -1.19. The molecule has 1 aromatic heterocycles.